The van der Waals surface area contributed by atoms with Gasteiger partial charge in [-0.3, -0.25) is 4.55 Å². The van der Waals surface area contributed by atoms with Crippen molar-refractivity contribution >= 4 is 10.1 Å². The van der Waals surface area contributed by atoms with Gasteiger partial charge >= 0.3 is 45.0 Å². The third kappa shape index (κ3) is 5.63. The first-order valence-corrected chi connectivity index (χ1v) is 8.64. The maximum Gasteiger partial charge on any atom is 0.438 e. The summed E-state index contributed by atoms with van der Waals surface area (Å²) in [5.41, 5.74) is 0. The van der Waals surface area contributed by atoms with E-state index in [2.05, 4.69) is 18.5 Å². The van der Waals surface area contributed by atoms with E-state index in [1.807, 2.05) is 12.2 Å². The third-order valence-corrected chi connectivity index (χ3v) is 3.98. The minimum atomic E-state index is -8.18. The lowest BCUT2D eigenvalue weighted by molar-refractivity contribution is -0.417. The molecule has 0 radical (unpaired) electrons. The SMILES string of the molecule is C=CCNCC=C.O=S(=O)(O)C(F)(F)C(F)(F)C(F)(F)C(F)(F)C(F)(F)C(F)(F)CF. The zero-order chi connectivity index (χ0) is 25.7. The van der Waals surface area contributed by atoms with E-state index in [0.717, 1.165) is 13.1 Å². The smallest absolute Gasteiger partial charge is 0.310 e. The highest BCUT2D eigenvalue weighted by atomic mass is 32.2. The Kier molecular flexibility index (Phi) is 10.1. The number of rotatable bonds is 11. The van der Waals surface area contributed by atoms with Gasteiger partial charge in [0.2, 0.25) is 0 Å². The summed E-state index contributed by atoms with van der Waals surface area (Å²) in [5.74, 6) is -38.6. The summed E-state index contributed by atoms with van der Waals surface area (Å²) in [4.78, 5) is 0. The Morgan fingerprint density at radius 2 is 1.03 bits per heavy atom. The van der Waals surface area contributed by atoms with Crippen molar-refractivity contribution in [2.24, 2.45) is 0 Å². The summed E-state index contributed by atoms with van der Waals surface area (Å²) in [6.07, 6.45) is 3.65. The molecule has 0 saturated carbocycles. The fourth-order valence-corrected chi connectivity index (χ4v) is 1.79. The number of halogens is 13. The van der Waals surface area contributed by atoms with Crippen molar-refractivity contribution in [1.29, 1.82) is 0 Å². The monoisotopic (exact) mass is 511 g/mol. The Hall–Kier alpha value is -1.56. The predicted molar refractivity (Wildman–Crippen MR) is 80.5 cm³/mol. The molecule has 0 heterocycles. The number of hydrogen-bond acceptors (Lipinski definition) is 3. The maximum absolute atomic E-state index is 12.9. The minimum absolute atomic E-state index is 0.867. The van der Waals surface area contributed by atoms with Gasteiger partial charge in [0.1, 0.15) is 0 Å². The second kappa shape index (κ2) is 9.93. The second-order valence-corrected chi connectivity index (χ2v) is 6.83. The highest BCUT2D eigenvalue weighted by molar-refractivity contribution is 7.87. The molecule has 0 unspecified atom stereocenters. The summed E-state index contributed by atoms with van der Waals surface area (Å²) in [6.45, 7) is 5.02. The second-order valence-electron chi connectivity index (χ2n) is 5.36. The third-order valence-electron chi connectivity index (χ3n) is 3.08. The summed E-state index contributed by atoms with van der Waals surface area (Å²) in [5, 5.41) is -4.44. The lowest BCUT2D eigenvalue weighted by Gasteiger charge is -2.39. The van der Waals surface area contributed by atoms with Gasteiger partial charge in [-0.15, -0.1) is 13.2 Å². The van der Waals surface area contributed by atoms with Crippen LogP contribution in [0.25, 0.3) is 0 Å². The minimum Gasteiger partial charge on any atom is -0.310 e. The molecule has 0 fully saturated rings. The molecule has 0 saturated heterocycles. The molecule has 4 nitrogen and oxygen atoms in total. The van der Waals surface area contributed by atoms with Crippen molar-refractivity contribution in [3.05, 3.63) is 25.3 Å². The van der Waals surface area contributed by atoms with Crippen LogP contribution in [0.4, 0.5) is 57.1 Å². The van der Waals surface area contributed by atoms with Crippen molar-refractivity contribution in [2.75, 3.05) is 19.8 Å². The molecule has 0 bridgehead atoms. The fraction of sp³-hybridized carbons (Fsp3) is 0.692. The molecule has 0 aromatic rings. The van der Waals surface area contributed by atoms with E-state index in [4.69, 9.17) is 4.55 Å². The molecule has 31 heavy (non-hydrogen) atoms. The Bertz CT molecular complexity index is 714. The molecule has 0 aromatic heterocycles. The highest BCUT2D eigenvalue weighted by Gasteiger charge is 2.92. The van der Waals surface area contributed by atoms with Crippen molar-refractivity contribution in [3.8, 4) is 0 Å². The molecule has 18 heteroatoms. The standard InChI is InChI=1S/C7H3F13O3S.C6H11N/c8-1-2(9,10)3(11,12)4(13,14)5(15,16)6(17,18)7(19,20)24(21,22)23;1-3-5-7-6-4-2/h1H2,(H,21,22,23);3-4,7H,1-2,5-6H2. The summed E-state index contributed by atoms with van der Waals surface area (Å²) in [7, 11) is -7.59. The van der Waals surface area contributed by atoms with Gasteiger partial charge in [-0.2, -0.15) is 61.1 Å². The van der Waals surface area contributed by atoms with Crippen LogP contribution in [0.2, 0.25) is 0 Å². The lowest BCUT2D eigenvalue weighted by Crippen LogP contribution is -2.71. The van der Waals surface area contributed by atoms with Crippen molar-refractivity contribution in [1.82, 2.24) is 5.32 Å². The first kappa shape index (κ1) is 31.6. The van der Waals surface area contributed by atoms with Gasteiger partial charge in [0, 0.05) is 13.1 Å². The fourth-order valence-electron chi connectivity index (χ4n) is 1.34. The molecule has 0 amide bonds. The zero-order valence-electron chi connectivity index (χ0n) is 14.8. The van der Waals surface area contributed by atoms with E-state index < -0.39 is 51.7 Å². The normalized spacial score (nSPS) is 14.5. The van der Waals surface area contributed by atoms with Crippen LogP contribution in [-0.4, -0.2) is 67.6 Å². The van der Waals surface area contributed by atoms with Crippen LogP contribution in [-0.2, 0) is 10.1 Å². The first-order valence-electron chi connectivity index (χ1n) is 7.20. The van der Waals surface area contributed by atoms with Crippen molar-refractivity contribution in [2.45, 2.75) is 34.9 Å². The molecular weight excluding hydrogens is 497 g/mol. The Labute approximate surface area is 166 Å². The topological polar surface area (TPSA) is 66.4 Å². The van der Waals surface area contributed by atoms with Gasteiger partial charge < -0.3 is 5.32 Å². The Morgan fingerprint density at radius 1 is 0.710 bits per heavy atom. The largest absolute Gasteiger partial charge is 0.438 e. The van der Waals surface area contributed by atoms with Crippen LogP contribution in [0, 0.1) is 0 Å². The maximum atomic E-state index is 12.9. The van der Waals surface area contributed by atoms with E-state index in [0.29, 0.717) is 0 Å². The molecule has 0 rings (SSSR count). The Morgan fingerprint density at radius 3 is 1.29 bits per heavy atom. The molecule has 0 aromatic carbocycles. The van der Waals surface area contributed by atoms with E-state index in [1.165, 1.54) is 0 Å². The molecule has 0 spiro atoms. The molecule has 186 valence electrons. The Balaban J connectivity index is 0. The molecule has 0 aliphatic heterocycles. The first-order chi connectivity index (χ1) is 13.5. The van der Waals surface area contributed by atoms with Gasteiger partial charge in [0.15, 0.2) is 6.67 Å². The van der Waals surface area contributed by atoms with Gasteiger partial charge in [-0.25, -0.2) is 4.39 Å². The average Bonchev–Trinajstić information content (AvgIpc) is 2.60. The van der Waals surface area contributed by atoms with Crippen LogP contribution in [0.15, 0.2) is 25.3 Å². The number of alkyl halides is 13. The van der Waals surface area contributed by atoms with Gasteiger partial charge in [0.25, 0.3) is 0 Å². The van der Waals surface area contributed by atoms with E-state index in [1.54, 1.807) is 0 Å². The molecule has 0 atom stereocenters. The summed E-state index contributed by atoms with van der Waals surface area (Å²) in [6, 6.07) is 0. The lowest BCUT2D eigenvalue weighted by atomic mass is 9.95. The zero-order valence-corrected chi connectivity index (χ0v) is 15.6. The van der Waals surface area contributed by atoms with E-state index in [-0.39, 0.29) is 0 Å². The van der Waals surface area contributed by atoms with E-state index >= 15 is 0 Å². The van der Waals surface area contributed by atoms with Crippen molar-refractivity contribution < 1.29 is 70.0 Å². The van der Waals surface area contributed by atoms with Crippen LogP contribution in [0.3, 0.4) is 0 Å². The quantitative estimate of drug-likeness (QED) is 0.185. The van der Waals surface area contributed by atoms with Crippen LogP contribution >= 0.6 is 0 Å². The molecule has 0 aliphatic rings. The summed E-state index contributed by atoms with van der Waals surface area (Å²) >= 11 is 0. The highest BCUT2D eigenvalue weighted by Crippen LogP contribution is 2.60. The van der Waals surface area contributed by atoms with Crippen molar-refractivity contribution in [3.63, 3.8) is 0 Å². The molecule has 0 aliphatic carbocycles. The van der Waals surface area contributed by atoms with Gasteiger partial charge in [-0.05, 0) is 0 Å². The van der Waals surface area contributed by atoms with Crippen LogP contribution in [0.1, 0.15) is 0 Å². The van der Waals surface area contributed by atoms with Gasteiger partial charge in [0.05, 0.1) is 0 Å². The predicted octanol–water partition coefficient (Wildman–Crippen LogP) is 4.56. The molecule has 2 N–H and O–H groups in total. The van der Waals surface area contributed by atoms with Crippen LogP contribution in [0.5, 0.6) is 0 Å². The summed E-state index contributed by atoms with van der Waals surface area (Å²) < 4.78 is 191. The van der Waals surface area contributed by atoms with Crippen LogP contribution < -0.4 is 5.32 Å². The number of nitrogens with one attached hydrogen (secondary N) is 1. The number of hydrogen-bond donors (Lipinski definition) is 2. The average molecular weight is 511 g/mol. The van der Waals surface area contributed by atoms with E-state index in [9.17, 15) is 65.5 Å². The van der Waals surface area contributed by atoms with Gasteiger partial charge in [-0.1, -0.05) is 12.2 Å². The molecular formula is C13H14F13NO3S.